The fraction of sp³-hybridized carbons (Fsp3) is 0.562. The van der Waals surface area contributed by atoms with Crippen molar-refractivity contribution in [2.75, 3.05) is 20.8 Å². The van der Waals surface area contributed by atoms with Crippen LogP contribution in [0.25, 0.3) is 0 Å². The van der Waals surface area contributed by atoms with Crippen molar-refractivity contribution in [2.24, 2.45) is 5.92 Å². The number of fused-ring (bicyclic) bond motifs is 1. The molecule has 0 aliphatic heterocycles. The second-order valence-electron chi connectivity index (χ2n) is 5.66. The maximum Gasteiger partial charge on any atom is 0.223 e. The monoisotopic (exact) mass is 275 g/mol. The van der Waals surface area contributed by atoms with Crippen LogP contribution in [0, 0.1) is 5.92 Å². The number of carbonyl (C=O) groups is 1. The first-order valence-corrected chi connectivity index (χ1v) is 7.25. The molecule has 0 heterocycles. The van der Waals surface area contributed by atoms with E-state index in [-0.39, 0.29) is 11.8 Å². The van der Waals surface area contributed by atoms with Crippen LogP contribution in [0.2, 0.25) is 0 Å². The van der Waals surface area contributed by atoms with Crippen LogP contribution in [-0.4, -0.2) is 26.7 Å². The van der Waals surface area contributed by atoms with Crippen molar-refractivity contribution < 1.29 is 14.3 Å². The maximum atomic E-state index is 11.7. The lowest BCUT2D eigenvalue weighted by molar-refractivity contribution is -0.122. The molecule has 2 aliphatic rings. The van der Waals surface area contributed by atoms with Gasteiger partial charge in [-0.25, -0.2) is 0 Å². The first-order chi connectivity index (χ1) is 9.72. The van der Waals surface area contributed by atoms with E-state index in [0.717, 1.165) is 43.7 Å². The Bertz CT molecular complexity index is 523. The highest BCUT2D eigenvalue weighted by Gasteiger charge is 2.31. The van der Waals surface area contributed by atoms with Gasteiger partial charge in [-0.15, -0.1) is 0 Å². The molecule has 3 rings (SSSR count). The fourth-order valence-corrected chi connectivity index (χ4v) is 2.94. The van der Waals surface area contributed by atoms with Gasteiger partial charge >= 0.3 is 0 Å². The van der Waals surface area contributed by atoms with Gasteiger partial charge in [0.05, 0.1) is 14.2 Å². The lowest BCUT2D eigenvalue weighted by Gasteiger charge is -2.15. The number of carbonyl (C=O) groups excluding carboxylic acids is 1. The van der Waals surface area contributed by atoms with Gasteiger partial charge in [-0.2, -0.15) is 0 Å². The third-order valence-corrected chi connectivity index (χ3v) is 4.32. The maximum absolute atomic E-state index is 11.7. The number of nitrogens with one attached hydrogen (secondary N) is 1. The Morgan fingerprint density at radius 2 is 1.90 bits per heavy atom. The van der Waals surface area contributed by atoms with E-state index in [0.29, 0.717) is 5.92 Å². The number of aryl methyl sites for hydroxylation is 1. The second kappa shape index (κ2) is 5.35. The predicted molar refractivity (Wildman–Crippen MR) is 76.3 cm³/mol. The average molecular weight is 275 g/mol. The standard InChI is InChI=1S/C16H21NO3/c1-19-14-7-11-5-6-12(13(11)8-15(14)20-2)9-17-16(18)10-3-4-10/h7-8,10,12H,3-6,9H2,1-2H3,(H,17,18). The smallest absolute Gasteiger partial charge is 0.223 e. The summed E-state index contributed by atoms with van der Waals surface area (Å²) >= 11 is 0. The first kappa shape index (κ1) is 13.3. The van der Waals surface area contributed by atoms with Gasteiger partial charge in [-0.05, 0) is 48.9 Å². The Hall–Kier alpha value is -1.71. The van der Waals surface area contributed by atoms with Crippen LogP contribution in [0.3, 0.4) is 0 Å². The molecule has 0 bridgehead atoms. The van der Waals surface area contributed by atoms with Crippen LogP contribution in [-0.2, 0) is 11.2 Å². The van der Waals surface area contributed by atoms with Gasteiger partial charge in [0, 0.05) is 18.4 Å². The van der Waals surface area contributed by atoms with Crippen molar-refractivity contribution in [3.8, 4) is 11.5 Å². The van der Waals surface area contributed by atoms with Gasteiger partial charge in [0.25, 0.3) is 0 Å². The summed E-state index contributed by atoms with van der Waals surface area (Å²) < 4.78 is 10.7. The van der Waals surface area contributed by atoms with E-state index in [1.54, 1.807) is 14.2 Å². The summed E-state index contributed by atoms with van der Waals surface area (Å²) in [4.78, 5) is 11.7. The summed E-state index contributed by atoms with van der Waals surface area (Å²) in [6.07, 6.45) is 4.23. The van der Waals surface area contributed by atoms with Crippen molar-refractivity contribution in [3.05, 3.63) is 23.3 Å². The van der Waals surface area contributed by atoms with Crippen molar-refractivity contribution >= 4 is 5.91 Å². The molecule has 4 heteroatoms. The summed E-state index contributed by atoms with van der Waals surface area (Å²) in [6.45, 7) is 0.734. The molecule has 1 amide bonds. The summed E-state index contributed by atoms with van der Waals surface area (Å²) in [6, 6.07) is 4.13. The number of amides is 1. The third kappa shape index (κ3) is 2.47. The van der Waals surface area contributed by atoms with E-state index in [2.05, 4.69) is 17.4 Å². The molecular weight excluding hydrogens is 254 g/mol. The Kier molecular flexibility index (Phi) is 3.55. The molecule has 1 aromatic rings. The Balaban J connectivity index is 1.73. The largest absolute Gasteiger partial charge is 0.493 e. The molecule has 0 saturated heterocycles. The molecule has 1 N–H and O–H groups in total. The molecule has 1 saturated carbocycles. The van der Waals surface area contributed by atoms with Gasteiger partial charge in [-0.1, -0.05) is 0 Å². The summed E-state index contributed by atoms with van der Waals surface area (Å²) in [7, 11) is 3.32. The van der Waals surface area contributed by atoms with Crippen LogP contribution in [0.4, 0.5) is 0 Å². The van der Waals surface area contributed by atoms with Gasteiger partial charge in [-0.3, -0.25) is 4.79 Å². The van der Waals surface area contributed by atoms with E-state index in [4.69, 9.17) is 9.47 Å². The first-order valence-electron chi connectivity index (χ1n) is 7.25. The molecular formula is C16H21NO3. The zero-order valence-corrected chi connectivity index (χ0v) is 12.1. The molecule has 2 aliphatic carbocycles. The van der Waals surface area contributed by atoms with Crippen molar-refractivity contribution in [3.63, 3.8) is 0 Å². The third-order valence-electron chi connectivity index (χ3n) is 4.32. The molecule has 20 heavy (non-hydrogen) atoms. The van der Waals surface area contributed by atoms with Crippen molar-refractivity contribution in [1.82, 2.24) is 5.32 Å². The number of rotatable bonds is 5. The lowest BCUT2D eigenvalue weighted by atomic mass is 10.0. The molecule has 1 aromatic carbocycles. The zero-order chi connectivity index (χ0) is 14.1. The van der Waals surface area contributed by atoms with Crippen LogP contribution in [0.1, 0.15) is 36.3 Å². The predicted octanol–water partition coefficient (Wildman–Crippen LogP) is 2.26. The Morgan fingerprint density at radius 1 is 1.20 bits per heavy atom. The zero-order valence-electron chi connectivity index (χ0n) is 12.1. The molecule has 1 atom stereocenters. The summed E-state index contributed by atoms with van der Waals surface area (Å²) in [5.74, 6) is 2.45. The van der Waals surface area contributed by atoms with Crippen LogP contribution in [0.15, 0.2) is 12.1 Å². The molecule has 1 unspecified atom stereocenters. The molecule has 108 valence electrons. The minimum absolute atomic E-state index is 0.221. The fourth-order valence-electron chi connectivity index (χ4n) is 2.94. The van der Waals surface area contributed by atoms with Gasteiger partial charge in [0.15, 0.2) is 11.5 Å². The Morgan fingerprint density at radius 3 is 2.55 bits per heavy atom. The lowest BCUT2D eigenvalue weighted by Crippen LogP contribution is -2.28. The van der Waals surface area contributed by atoms with Crippen molar-refractivity contribution in [1.29, 1.82) is 0 Å². The summed E-state index contributed by atoms with van der Waals surface area (Å²) in [5, 5.41) is 3.08. The van der Waals surface area contributed by atoms with Crippen LogP contribution >= 0.6 is 0 Å². The van der Waals surface area contributed by atoms with Gasteiger partial charge < -0.3 is 14.8 Å². The van der Waals surface area contributed by atoms with E-state index in [1.165, 1.54) is 11.1 Å². The SMILES string of the molecule is COc1cc2c(cc1OC)C(CNC(=O)C1CC1)CC2. The van der Waals surface area contributed by atoms with E-state index >= 15 is 0 Å². The minimum Gasteiger partial charge on any atom is -0.493 e. The highest BCUT2D eigenvalue weighted by molar-refractivity contribution is 5.80. The van der Waals surface area contributed by atoms with E-state index in [9.17, 15) is 4.79 Å². The Labute approximate surface area is 119 Å². The van der Waals surface area contributed by atoms with Crippen LogP contribution < -0.4 is 14.8 Å². The summed E-state index contributed by atoms with van der Waals surface area (Å²) in [5.41, 5.74) is 2.60. The minimum atomic E-state index is 0.221. The average Bonchev–Trinajstić information content (AvgIpc) is 3.25. The van der Waals surface area contributed by atoms with Gasteiger partial charge in [0.2, 0.25) is 5.91 Å². The number of benzene rings is 1. The van der Waals surface area contributed by atoms with Crippen LogP contribution in [0.5, 0.6) is 11.5 Å². The molecule has 0 aromatic heterocycles. The topological polar surface area (TPSA) is 47.6 Å². The second-order valence-corrected chi connectivity index (χ2v) is 5.66. The number of methoxy groups -OCH3 is 2. The number of hydrogen-bond acceptors (Lipinski definition) is 3. The van der Waals surface area contributed by atoms with E-state index < -0.39 is 0 Å². The molecule has 0 spiro atoms. The van der Waals surface area contributed by atoms with E-state index in [1.807, 2.05) is 0 Å². The quantitative estimate of drug-likeness (QED) is 0.896. The highest BCUT2D eigenvalue weighted by atomic mass is 16.5. The number of ether oxygens (including phenoxy) is 2. The normalized spacial score (nSPS) is 20.4. The highest BCUT2D eigenvalue weighted by Crippen LogP contribution is 2.40. The number of hydrogen-bond donors (Lipinski definition) is 1. The molecule has 0 radical (unpaired) electrons. The molecule has 1 fully saturated rings. The van der Waals surface area contributed by atoms with Crippen molar-refractivity contribution in [2.45, 2.75) is 31.6 Å². The van der Waals surface area contributed by atoms with Gasteiger partial charge in [0.1, 0.15) is 0 Å². The molecule has 4 nitrogen and oxygen atoms in total.